The number of nitrogens with one attached hydrogen (secondary N) is 1. The fourth-order valence-corrected chi connectivity index (χ4v) is 2.04. The van der Waals surface area contributed by atoms with Crippen molar-refractivity contribution >= 4 is 5.91 Å². The van der Waals surface area contributed by atoms with Gasteiger partial charge in [-0.25, -0.2) is 9.67 Å². The number of benzene rings is 1. The van der Waals surface area contributed by atoms with Crippen molar-refractivity contribution in [1.29, 1.82) is 0 Å². The molecular weight excluding hydrogens is 268 g/mol. The first-order valence-electron chi connectivity index (χ1n) is 6.90. The molecule has 112 valence electrons. The lowest BCUT2D eigenvalue weighted by atomic mass is 10.1. The van der Waals surface area contributed by atoms with E-state index in [-0.39, 0.29) is 11.9 Å². The summed E-state index contributed by atoms with van der Waals surface area (Å²) in [6.45, 7) is 6.67. The van der Waals surface area contributed by atoms with Crippen molar-refractivity contribution in [2.45, 2.75) is 26.8 Å². The molecule has 0 saturated carbocycles. The standard InChI is InChI=1S/C15H20N4O2/c1-11-5-4-6-12(2)14(11)21-8-7-17-15(20)13(3)19-10-16-9-18-19/h4-6,9-10,13H,7-8H2,1-3H3,(H,17,20)/t13-/m1/s1. The van der Waals surface area contributed by atoms with Gasteiger partial charge in [0.05, 0.1) is 6.54 Å². The van der Waals surface area contributed by atoms with Crippen molar-refractivity contribution in [3.05, 3.63) is 42.0 Å². The van der Waals surface area contributed by atoms with Gasteiger partial charge < -0.3 is 10.1 Å². The summed E-state index contributed by atoms with van der Waals surface area (Å²) in [5.74, 6) is 0.779. The van der Waals surface area contributed by atoms with Gasteiger partial charge in [0.1, 0.15) is 31.1 Å². The molecule has 0 unspecified atom stereocenters. The highest BCUT2D eigenvalue weighted by Gasteiger charge is 2.14. The molecule has 1 heterocycles. The van der Waals surface area contributed by atoms with Crippen molar-refractivity contribution < 1.29 is 9.53 Å². The number of rotatable bonds is 6. The summed E-state index contributed by atoms with van der Waals surface area (Å²) >= 11 is 0. The van der Waals surface area contributed by atoms with E-state index in [0.717, 1.165) is 16.9 Å². The lowest BCUT2D eigenvalue weighted by molar-refractivity contribution is -0.124. The Kier molecular flexibility index (Phi) is 4.92. The van der Waals surface area contributed by atoms with Crippen LogP contribution < -0.4 is 10.1 Å². The van der Waals surface area contributed by atoms with E-state index in [1.54, 1.807) is 6.92 Å². The van der Waals surface area contributed by atoms with Crippen molar-refractivity contribution in [3.63, 3.8) is 0 Å². The van der Waals surface area contributed by atoms with Crippen molar-refractivity contribution in [2.24, 2.45) is 0 Å². The van der Waals surface area contributed by atoms with E-state index >= 15 is 0 Å². The first kappa shape index (κ1) is 15.0. The minimum atomic E-state index is -0.382. The Balaban J connectivity index is 1.78. The molecule has 0 aliphatic heterocycles. The second kappa shape index (κ2) is 6.88. The predicted octanol–water partition coefficient (Wildman–Crippen LogP) is 1.65. The fourth-order valence-electron chi connectivity index (χ4n) is 2.04. The van der Waals surface area contributed by atoms with Crippen LogP contribution in [0.25, 0.3) is 0 Å². The van der Waals surface area contributed by atoms with E-state index in [4.69, 9.17) is 4.74 Å². The van der Waals surface area contributed by atoms with E-state index in [9.17, 15) is 4.79 Å². The third-order valence-electron chi connectivity index (χ3n) is 3.27. The molecule has 2 aromatic rings. The molecule has 1 N–H and O–H groups in total. The lowest BCUT2D eigenvalue weighted by Crippen LogP contribution is -2.34. The zero-order valence-corrected chi connectivity index (χ0v) is 12.5. The Morgan fingerprint density at radius 3 is 2.71 bits per heavy atom. The Bertz CT molecular complexity index is 575. The van der Waals surface area contributed by atoms with Gasteiger partial charge in [-0.15, -0.1) is 0 Å². The lowest BCUT2D eigenvalue weighted by Gasteiger charge is -2.14. The van der Waals surface area contributed by atoms with Gasteiger partial charge in [0.2, 0.25) is 5.91 Å². The molecule has 0 bridgehead atoms. The highest BCUT2D eigenvalue weighted by molar-refractivity contribution is 5.79. The molecule has 1 atom stereocenters. The second-order valence-corrected chi connectivity index (χ2v) is 4.91. The molecule has 1 aromatic carbocycles. The number of amides is 1. The molecule has 0 fully saturated rings. The number of carbonyl (C=O) groups is 1. The van der Waals surface area contributed by atoms with Gasteiger partial charge >= 0.3 is 0 Å². The summed E-state index contributed by atoms with van der Waals surface area (Å²) in [5, 5.41) is 6.78. The van der Waals surface area contributed by atoms with Crippen molar-refractivity contribution in [3.8, 4) is 5.75 Å². The van der Waals surface area contributed by atoms with Crippen LogP contribution in [0, 0.1) is 13.8 Å². The topological polar surface area (TPSA) is 69.0 Å². The van der Waals surface area contributed by atoms with Gasteiger partial charge in [-0.2, -0.15) is 5.10 Å². The minimum Gasteiger partial charge on any atom is -0.491 e. The van der Waals surface area contributed by atoms with Gasteiger partial charge in [-0.05, 0) is 31.9 Å². The summed E-state index contributed by atoms with van der Waals surface area (Å²) in [6, 6.07) is 5.63. The third kappa shape index (κ3) is 3.81. The summed E-state index contributed by atoms with van der Waals surface area (Å²) < 4.78 is 7.25. The molecule has 2 rings (SSSR count). The van der Waals surface area contributed by atoms with E-state index in [0.29, 0.717) is 13.2 Å². The quantitative estimate of drug-likeness (QED) is 0.821. The number of para-hydroxylation sites is 1. The smallest absolute Gasteiger partial charge is 0.244 e. The van der Waals surface area contributed by atoms with Gasteiger partial charge in [-0.1, -0.05) is 18.2 Å². The average molecular weight is 288 g/mol. The molecule has 6 nitrogen and oxygen atoms in total. The number of ether oxygens (including phenoxy) is 1. The normalized spacial score (nSPS) is 12.0. The number of aromatic nitrogens is 3. The maximum atomic E-state index is 11.9. The Hall–Kier alpha value is -2.37. The number of hydrogen-bond donors (Lipinski definition) is 1. The van der Waals surface area contributed by atoms with E-state index < -0.39 is 0 Å². The van der Waals surface area contributed by atoms with Crippen molar-refractivity contribution in [1.82, 2.24) is 20.1 Å². The van der Waals surface area contributed by atoms with Crippen LogP contribution in [0.3, 0.4) is 0 Å². The van der Waals surface area contributed by atoms with Crippen LogP contribution in [0.1, 0.15) is 24.1 Å². The Morgan fingerprint density at radius 1 is 1.38 bits per heavy atom. The van der Waals surface area contributed by atoms with Crippen LogP contribution in [0.15, 0.2) is 30.9 Å². The number of carbonyl (C=O) groups excluding carboxylic acids is 1. The monoisotopic (exact) mass is 288 g/mol. The molecule has 21 heavy (non-hydrogen) atoms. The second-order valence-electron chi connectivity index (χ2n) is 4.91. The molecule has 0 aliphatic carbocycles. The molecular formula is C15H20N4O2. The Morgan fingerprint density at radius 2 is 2.10 bits per heavy atom. The summed E-state index contributed by atoms with van der Waals surface area (Å²) in [6.07, 6.45) is 2.94. The maximum absolute atomic E-state index is 11.9. The van der Waals surface area contributed by atoms with E-state index in [1.807, 2.05) is 32.0 Å². The molecule has 1 aromatic heterocycles. The van der Waals surface area contributed by atoms with Gasteiger partial charge in [0.25, 0.3) is 0 Å². The first-order valence-corrected chi connectivity index (χ1v) is 6.90. The Labute approximate surface area is 124 Å². The van der Waals surface area contributed by atoms with Crippen LogP contribution in [0.2, 0.25) is 0 Å². The van der Waals surface area contributed by atoms with Gasteiger partial charge in [0.15, 0.2) is 0 Å². The van der Waals surface area contributed by atoms with Crippen LogP contribution >= 0.6 is 0 Å². The van der Waals surface area contributed by atoms with Crippen molar-refractivity contribution in [2.75, 3.05) is 13.2 Å². The first-order chi connectivity index (χ1) is 10.1. The highest BCUT2D eigenvalue weighted by atomic mass is 16.5. The molecule has 6 heteroatoms. The number of aryl methyl sites for hydroxylation is 2. The van der Waals surface area contributed by atoms with E-state index in [2.05, 4.69) is 15.4 Å². The maximum Gasteiger partial charge on any atom is 0.244 e. The highest BCUT2D eigenvalue weighted by Crippen LogP contribution is 2.21. The van der Waals surface area contributed by atoms with Crippen LogP contribution in [0.4, 0.5) is 0 Å². The largest absolute Gasteiger partial charge is 0.491 e. The predicted molar refractivity (Wildman–Crippen MR) is 79.2 cm³/mol. The summed E-state index contributed by atoms with van der Waals surface area (Å²) in [7, 11) is 0. The minimum absolute atomic E-state index is 0.106. The molecule has 0 saturated heterocycles. The molecule has 0 spiro atoms. The number of hydrogen-bond acceptors (Lipinski definition) is 4. The SMILES string of the molecule is Cc1cccc(C)c1OCCNC(=O)[C@@H](C)n1cncn1. The summed E-state index contributed by atoms with van der Waals surface area (Å²) in [4.78, 5) is 15.8. The third-order valence-corrected chi connectivity index (χ3v) is 3.27. The van der Waals surface area contributed by atoms with Crippen LogP contribution in [-0.2, 0) is 4.79 Å². The van der Waals surface area contributed by atoms with Gasteiger partial charge in [0, 0.05) is 0 Å². The van der Waals surface area contributed by atoms with Gasteiger partial charge in [-0.3, -0.25) is 4.79 Å². The average Bonchev–Trinajstić information content (AvgIpc) is 2.99. The van der Waals surface area contributed by atoms with E-state index in [1.165, 1.54) is 17.3 Å². The zero-order chi connectivity index (χ0) is 15.2. The summed E-state index contributed by atoms with van der Waals surface area (Å²) in [5.41, 5.74) is 2.19. The fraction of sp³-hybridized carbons (Fsp3) is 0.400. The number of nitrogens with zero attached hydrogens (tertiary/aromatic N) is 3. The van der Waals surface area contributed by atoms with Crippen LogP contribution in [0.5, 0.6) is 5.75 Å². The van der Waals surface area contributed by atoms with Crippen LogP contribution in [-0.4, -0.2) is 33.8 Å². The molecule has 0 aliphatic rings. The molecule has 1 amide bonds. The zero-order valence-electron chi connectivity index (χ0n) is 12.5. The molecule has 0 radical (unpaired) electrons.